The molecule has 0 bridgehead atoms. The molecule has 1 aromatic carbocycles. The molecule has 0 saturated heterocycles. The Hall–Kier alpha value is -2.32. The fourth-order valence-corrected chi connectivity index (χ4v) is 4.94. The number of amides is 3. The van der Waals surface area contributed by atoms with Gasteiger partial charge >= 0.3 is 6.03 Å². The predicted molar refractivity (Wildman–Crippen MR) is 112 cm³/mol. The zero-order valence-corrected chi connectivity index (χ0v) is 17.9. The third-order valence-electron chi connectivity index (χ3n) is 4.92. The molecule has 28 heavy (non-hydrogen) atoms. The number of ether oxygens (including phenoxy) is 1. The van der Waals surface area contributed by atoms with Crippen LogP contribution < -0.4 is 15.4 Å². The quantitative estimate of drug-likeness (QED) is 0.679. The van der Waals surface area contributed by atoms with Gasteiger partial charge in [-0.1, -0.05) is 12.1 Å². The third kappa shape index (κ3) is 3.54. The molecule has 3 amide bonds. The molecule has 8 heteroatoms. The van der Waals surface area contributed by atoms with Gasteiger partial charge in [-0.2, -0.15) is 0 Å². The molecule has 1 aromatic heterocycles. The van der Waals surface area contributed by atoms with Crippen molar-refractivity contribution in [2.45, 2.75) is 31.8 Å². The Bertz CT molecular complexity index is 967. The summed E-state index contributed by atoms with van der Waals surface area (Å²) in [6.07, 6.45) is 1.92. The summed E-state index contributed by atoms with van der Waals surface area (Å²) in [6, 6.07) is 10.7. The van der Waals surface area contributed by atoms with Crippen LogP contribution in [0.15, 0.2) is 51.5 Å². The van der Waals surface area contributed by atoms with E-state index in [2.05, 4.69) is 26.6 Å². The molecule has 6 nitrogen and oxygen atoms in total. The molecule has 1 saturated carbocycles. The molecule has 146 valence electrons. The average molecular weight is 462 g/mol. The van der Waals surface area contributed by atoms with Crippen LogP contribution in [-0.4, -0.2) is 30.0 Å². The van der Waals surface area contributed by atoms with E-state index < -0.39 is 6.04 Å². The highest BCUT2D eigenvalue weighted by Crippen LogP contribution is 2.40. The lowest BCUT2D eigenvalue weighted by Crippen LogP contribution is -2.49. The first-order valence-electron chi connectivity index (χ1n) is 8.99. The van der Waals surface area contributed by atoms with E-state index in [1.54, 1.807) is 24.1 Å². The number of hydrogen-bond acceptors (Lipinski definition) is 4. The van der Waals surface area contributed by atoms with E-state index in [9.17, 15) is 9.59 Å². The van der Waals surface area contributed by atoms with Crippen LogP contribution in [0.3, 0.4) is 0 Å². The van der Waals surface area contributed by atoms with Crippen LogP contribution in [0.5, 0.6) is 5.75 Å². The molecule has 1 unspecified atom stereocenters. The van der Waals surface area contributed by atoms with E-state index >= 15 is 0 Å². The molecule has 2 aliphatic rings. The molecular formula is C20H20BrN3O3S. The highest BCUT2D eigenvalue weighted by molar-refractivity contribution is 9.11. The van der Waals surface area contributed by atoms with Gasteiger partial charge in [-0.25, -0.2) is 4.79 Å². The Labute approximate surface area is 175 Å². The Morgan fingerprint density at radius 1 is 1.29 bits per heavy atom. The van der Waals surface area contributed by atoms with Crippen LogP contribution >= 0.6 is 27.3 Å². The number of rotatable bonds is 5. The first kappa shape index (κ1) is 19.0. The van der Waals surface area contributed by atoms with Crippen molar-refractivity contribution in [1.82, 2.24) is 10.2 Å². The van der Waals surface area contributed by atoms with Crippen LogP contribution in [-0.2, 0) is 4.79 Å². The SMILES string of the molecule is COc1ccccc1NC(=O)C1=C(C)N(C2CC2)C(=O)NC1c1ccc(Br)s1. The average Bonchev–Trinajstić information content (AvgIpc) is 3.41. The number of nitrogens with zero attached hydrogens (tertiary/aromatic N) is 1. The number of benzene rings is 1. The van der Waals surface area contributed by atoms with Crippen molar-refractivity contribution in [2.24, 2.45) is 0 Å². The molecule has 2 heterocycles. The number of allylic oxidation sites excluding steroid dienone is 1. The van der Waals surface area contributed by atoms with Gasteiger partial charge in [0.05, 0.1) is 28.2 Å². The number of carbonyl (C=O) groups is 2. The van der Waals surface area contributed by atoms with Gasteiger partial charge in [0.25, 0.3) is 5.91 Å². The molecule has 2 N–H and O–H groups in total. The summed E-state index contributed by atoms with van der Waals surface area (Å²) in [5, 5.41) is 5.98. The Morgan fingerprint density at radius 3 is 2.68 bits per heavy atom. The van der Waals surface area contributed by atoms with Crippen molar-refractivity contribution >= 4 is 44.9 Å². The number of nitrogens with one attached hydrogen (secondary N) is 2. The maximum atomic E-state index is 13.3. The van der Waals surface area contributed by atoms with Crippen molar-refractivity contribution in [1.29, 1.82) is 0 Å². The van der Waals surface area contributed by atoms with Crippen molar-refractivity contribution in [3.05, 3.63) is 56.3 Å². The standard InChI is InChI=1S/C20H20BrN3O3S/c1-11-17(19(25)22-13-5-3-4-6-14(13)27-2)18(15-9-10-16(21)28-15)23-20(26)24(11)12-7-8-12/h3-6,9-10,12,18H,7-8H2,1-2H3,(H,22,25)(H,23,26). The van der Waals surface area contributed by atoms with Crippen molar-refractivity contribution in [2.75, 3.05) is 12.4 Å². The number of anilines is 1. The van der Waals surface area contributed by atoms with Gasteiger partial charge in [0.2, 0.25) is 0 Å². The lowest BCUT2D eigenvalue weighted by Gasteiger charge is -2.35. The lowest BCUT2D eigenvalue weighted by atomic mass is 9.99. The second kappa shape index (κ2) is 7.60. The highest BCUT2D eigenvalue weighted by atomic mass is 79.9. The lowest BCUT2D eigenvalue weighted by molar-refractivity contribution is -0.113. The predicted octanol–water partition coefficient (Wildman–Crippen LogP) is 4.66. The molecular weight excluding hydrogens is 442 g/mol. The van der Waals surface area contributed by atoms with Crippen LogP contribution in [0.4, 0.5) is 10.5 Å². The first-order valence-corrected chi connectivity index (χ1v) is 10.6. The van der Waals surface area contributed by atoms with Gasteiger partial charge < -0.3 is 15.4 Å². The van der Waals surface area contributed by atoms with Crippen LogP contribution in [0, 0.1) is 0 Å². The molecule has 1 aliphatic carbocycles. The third-order valence-corrected chi connectivity index (χ3v) is 6.61. The molecule has 4 rings (SSSR count). The van der Waals surface area contributed by atoms with Crippen LogP contribution in [0.1, 0.15) is 30.7 Å². The summed E-state index contributed by atoms with van der Waals surface area (Å²) in [5.41, 5.74) is 1.84. The molecule has 2 aromatic rings. The number of para-hydroxylation sites is 2. The smallest absolute Gasteiger partial charge is 0.322 e. The van der Waals surface area contributed by atoms with Crippen molar-refractivity contribution in [3.8, 4) is 5.75 Å². The summed E-state index contributed by atoms with van der Waals surface area (Å²) in [7, 11) is 1.57. The summed E-state index contributed by atoms with van der Waals surface area (Å²) >= 11 is 4.97. The molecule has 1 aliphatic heterocycles. The second-order valence-corrected chi connectivity index (χ2v) is 9.27. The normalized spacial score (nSPS) is 19.5. The monoisotopic (exact) mass is 461 g/mol. The number of methoxy groups -OCH3 is 1. The molecule has 0 spiro atoms. The van der Waals surface area contributed by atoms with E-state index in [4.69, 9.17) is 4.74 Å². The summed E-state index contributed by atoms with van der Waals surface area (Å²) in [4.78, 5) is 28.7. The molecule has 0 radical (unpaired) electrons. The first-order chi connectivity index (χ1) is 13.5. The zero-order chi connectivity index (χ0) is 19.8. The number of halogens is 1. The van der Waals surface area contributed by atoms with Gasteiger partial charge in [-0.3, -0.25) is 9.69 Å². The number of carbonyl (C=O) groups excluding carboxylic acids is 2. The van der Waals surface area contributed by atoms with Crippen LogP contribution in [0.25, 0.3) is 0 Å². The summed E-state index contributed by atoms with van der Waals surface area (Å²) in [5.74, 6) is 0.339. The topological polar surface area (TPSA) is 70.7 Å². The largest absolute Gasteiger partial charge is 0.495 e. The minimum absolute atomic E-state index is 0.150. The van der Waals surface area contributed by atoms with Gasteiger partial charge in [-0.15, -0.1) is 11.3 Å². The zero-order valence-electron chi connectivity index (χ0n) is 15.5. The number of thiophene rings is 1. The highest BCUT2D eigenvalue weighted by Gasteiger charge is 2.42. The fraction of sp³-hybridized carbons (Fsp3) is 0.300. The maximum absolute atomic E-state index is 13.3. The maximum Gasteiger partial charge on any atom is 0.322 e. The minimum Gasteiger partial charge on any atom is -0.495 e. The summed E-state index contributed by atoms with van der Waals surface area (Å²) in [6.45, 7) is 1.85. The van der Waals surface area contributed by atoms with Gasteiger partial charge in [0.1, 0.15) is 5.75 Å². The van der Waals surface area contributed by atoms with Crippen LogP contribution in [0.2, 0.25) is 0 Å². The Balaban J connectivity index is 1.73. The van der Waals surface area contributed by atoms with E-state index in [-0.39, 0.29) is 18.0 Å². The molecule has 1 atom stereocenters. The minimum atomic E-state index is -0.492. The van der Waals surface area contributed by atoms with E-state index in [0.29, 0.717) is 22.7 Å². The van der Waals surface area contributed by atoms with E-state index in [1.807, 2.05) is 31.2 Å². The Morgan fingerprint density at radius 2 is 2.04 bits per heavy atom. The van der Waals surface area contributed by atoms with Gasteiger partial charge in [-0.05, 0) is 60.0 Å². The molecule has 1 fully saturated rings. The number of urea groups is 1. The second-order valence-electron chi connectivity index (χ2n) is 6.78. The Kier molecular flexibility index (Phi) is 5.16. The van der Waals surface area contributed by atoms with Gasteiger partial charge in [0, 0.05) is 16.6 Å². The van der Waals surface area contributed by atoms with Crippen molar-refractivity contribution < 1.29 is 14.3 Å². The summed E-state index contributed by atoms with van der Waals surface area (Å²) < 4.78 is 6.29. The van der Waals surface area contributed by atoms with E-state index in [0.717, 1.165) is 21.5 Å². The number of hydrogen-bond donors (Lipinski definition) is 2. The van der Waals surface area contributed by atoms with Gasteiger partial charge in [0.15, 0.2) is 0 Å². The fourth-order valence-electron chi connectivity index (χ4n) is 3.46. The van der Waals surface area contributed by atoms with Crippen molar-refractivity contribution in [3.63, 3.8) is 0 Å². The van der Waals surface area contributed by atoms with E-state index in [1.165, 1.54) is 11.3 Å².